The number of benzene rings is 1. The summed E-state index contributed by atoms with van der Waals surface area (Å²) in [5, 5.41) is 28.1. The minimum absolute atomic E-state index is 0.0245. The van der Waals surface area contributed by atoms with Crippen LogP contribution in [0.15, 0.2) is 30.3 Å². The van der Waals surface area contributed by atoms with Gasteiger partial charge in [-0.2, -0.15) is 11.8 Å². The average molecular weight is 383 g/mol. The van der Waals surface area contributed by atoms with Crippen molar-refractivity contribution in [2.45, 2.75) is 63.4 Å². The van der Waals surface area contributed by atoms with Gasteiger partial charge in [0.15, 0.2) is 5.60 Å². The Morgan fingerprint density at radius 2 is 1.54 bits per heavy atom. The molecule has 0 saturated heterocycles. The lowest BCUT2D eigenvalue weighted by atomic mass is 9.97. The third-order valence-corrected chi connectivity index (χ3v) is 5.52. The van der Waals surface area contributed by atoms with E-state index in [4.69, 9.17) is 5.11 Å². The molecule has 0 bridgehead atoms. The van der Waals surface area contributed by atoms with Gasteiger partial charge in [-0.3, -0.25) is 4.79 Å². The van der Waals surface area contributed by atoms with E-state index >= 15 is 0 Å². The van der Waals surface area contributed by atoms with Crippen LogP contribution in [0.25, 0.3) is 0 Å². The molecule has 0 aliphatic carbocycles. The molecule has 5 nitrogen and oxygen atoms in total. The van der Waals surface area contributed by atoms with Crippen LogP contribution in [0.5, 0.6) is 0 Å². The molecule has 0 radical (unpaired) electrons. The van der Waals surface area contributed by atoms with Crippen LogP contribution >= 0.6 is 11.8 Å². The molecule has 0 amide bonds. The summed E-state index contributed by atoms with van der Waals surface area (Å²) < 4.78 is 0. The van der Waals surface area contributed by atoms with E-state index in [1.165, 1.54) is 17.3 Å². The van der Waals surface area contributed by atoms with E-state index in [9.17, 15) is 19.8 Å². The molecule has 3 N–H and O–H groups in total. The van der Waals surface area contributed by atoms with E-state index in [-0.39, 0.29) is 18.6 Å². The number of aryl methyl sites for hydroxylation is 1. The highest BCUT2D eigenvalue weighted by molar-refractivity contribution is 7.99. The van der Waals surface area contributed by atoms with Crippen LogP contribution in [0.1, 0.15) is 56.9 Å². The zero-order valence-electron chi connectivity index (χ0n) is 15.2. The summed E-state index contributed by atoms with van der Waals surface area (Å²) in [6.07, 6.45) is 7.32. The first kappa shape index (κ1) is 22.5. The Bertz CT molecular complexity index is 534. The number of carboxylic acid groups (broad SMARTS) is 2. The van der Waals surface area contributed by atoms with Crippen molar-refractivity contribution in [3.8, 4) is 0 Å². The fraction of sp³-hybridized carbons (Fsp3) is 0.600. The monoisotopic (exact) mass is 382 g/mol. The number of carboxylic acids is 2. The Labute approximate surface area is 159 Å². The highest BCUT2D eigenvalue weighted by Crippen LogP contribution is 2.22. The first-order valence-corrected chi connectivity index (χ1v) is 10.4. The topological polar surface area (TPSA) is 94.8 Å². The summed E-state index contributed by atoms with van der Waals surface area (Å²) in [4.78, 5) is 21.8. The van der Waals surface area contributed by atoms with Gasteiger partial charge >= 0.3 is 11.9 Å². The zero-order chi connectivity index (χ0) is 19.3. The standard InChI is InChI=1S/C20H30O5S/c21-18(22)13-15-26-16-20(25,19(23)24)14-9-4-2-1-3-6-10-17-11-7-5-8-12-17/h5,7-8,11-12,25H,1-4,6,9-10,13-16H2,(H,21,22)(H,23,24). The van der Waals surface area contributed by atoms with Gasteiger partial charge in [-0.25, -0.2) is 4.79 Å². The van der Waals surface area contributed by atoms with Gasteiger partial charge in [0.2, 0.25) is 0 Å². The lowest BCUT2D eigenvalue weighted by molar-refractivity contribution is -0.156. The largest absolute Gasteiger partial charge is 0.481 e. The zero-order valence-corrected chi connectivity index (χ0v) is 16.0. The molecule has 1 unspecified atom stereocenters. The van der Waals surface area contributed by atoms with E-state index in [0.717, 1.165) is 38.5 Å². The summed E-state index contributed by atoms with van der Waals surface area (Å²) in [6.45, 7) is 0. The van der Waals surface area contributed by atoms with E-state index < -0.39 is 17.5 Å². The lowest BCUT2D eigenvalue weighted by Gasteiger charge is -2.22. The number of aliphatic carboxylic acids is 2. The van der Waals surface area contributed by atoms with Crippen molar-refractivity contribution in [2.24, 2.45) is 0 Å². The van der Waals surface area contributed by atoms with E-state index in [0.29, 0.717) is 12.2 Å². The summed E-state index contributed by atoms with van der Waals surface area (Å²) in [5.74, 6) is -1.79. The molecule has 0 aliphatic heterocycles. The number of carbonyl (C=O) groups is 2. The summed E-state index contributed by atoms with van der Waals surface area (Å²) in [6, 6.07) is 10.4. The minimum atomic E-state index is -1.75. The quantitative estimate of drug-likeness (QED) is 0.397. The van der Waals surface area contributed by atoms with Gasteiger partial charge in [0, 0.05) is 11.5 Å². The fourth-order valence-corrected chi connectivity index (χ4v) is 3.81. The molecular formula is C20H30O5S. The number of thioether (sulfide) groups is 1. The van der Waals surface area contributed by atoms with E-state index in [1.54, 1.807) is 0 Å². The Kier molecular flexibility index (Phi) is 11.1. The second-order valence-electron chi connectivity index (χ2n) is 6.64. The maximum Gasteiger partial charge on any atom is 0.336 e. The van der Waals surface area contributed by atoms with Crippen LogP contribution in [0.3, 0.4) is 0 Å². The maximum atomic E-state index is 11.3. The Balaban J connectivity index is 2.10. The van der Waals surface area contributed by atoms with Crippen molar-refractivity contribution in [1.29, 1.82) is 0 Å². The van der Waals surface area contributed by atoms with Gasteiger partial charge in [-0.05, 0) is 31.2 Å². The SMILES string of the molecule is O=C(O)CCSCC(O)(CCCCCCCCc1ccccc1)C(=O)O. The number of rotatable bonds is 15. The molecule has 0 spiro atoms. The fourth-order valence-electron chi connectivity index (χ4n) is 2.74. The van der Waals surface area contributed by atoms with Gasteiger partial charge in [-0.1, -0.05) is 56.0 Å². The predicted octanol–water partition coefficient (Wildman–Crippen LogP) is 3.98. The second-order valence-corrected chi connectivity index (χ2v) is 7.75. The average Bonchev–Trinajstić information content (AvgIpc) is 2.61. The number of hydrogen-bond donors (Lipinski definition) is 3. The Hall–Kier alpha value is -1.53. The van der Waals surface area contributed by atoms with Crippen molar-refractivity contribution < 1.29 is 24.9 Å². The molecule has 1 atom stereocenters. The summed E-state index contributed by atoms with van der Waals surface area (Å²) in [7, 11) is 0. The maximum absolute atomic E-state index is 11.3. The molecule has 1 rings (SSSR count). The number of hydrogen-bond acceptors (Lipinski definition) is 4. The molecule has 1 aromatic carbocycles. The molecule has 1 aromatic rings. The third kappa shape index (κ3) is 9.82. The Morgan fingerprint density at radius 1 is 0.923 bits per heavy atom. The van der Waals surface area contributed by atoms with Crippen LogP contribution in [0.4, 0.5) is 0 Å². The van der Waals surface area contributed by atoms with Crippen LogP contribution < -0.4 is 0 Å². The normalized spacial score (nSPS) is 13.3. The predicted molar refractivity (Wildman–Crippen MR) is 105 cm³/mol. The van der Waals surface area contributed by atoms with Gasteiger partial charge < -0.3 is 15.3 Å². The first-order chi connectivity index (χ1) is 12.4. The van der Waals surface area contributed by atoms with Crippen molar-refractivity contribution in [3.63, 3.8) is 0 Å². The molecule has 0 heterocycles. The van der Waals surface area contributed by atoms with Crippen LogP contribution in [0.2, 0.25) is 0 Å². The van der Waals surface area contributed by atoms with Crippen molar-refractivity contribution >= 4 is 23.7 Å². The molecule has 0 aromatic heterocycles. The molecule has 6 heteroatoms. The summed E-state index contributed by atoms with van der Waals surface area (Å²) >= 11 is 1.18. The van der Waals surface area contributed by atoms with Crippen molar-refractivity contribution in [3.05, 3.63) is 35.9 Å². The van der Waals surface area contributed by atoms with Crippen LogP contribution in [-0.2, 0) is 16.0 Å². The third-order valence-electron chi connectivity index (χ3n) is 4.35. The highest BCUT2D eigenvalue weighted by Gasteiger charge is 2.35. The molecular weight excluding hydrogens is 352 g/mol. The number of aliphatic hydroxyl groups is 1. The minimum Gasteiger partial charge on any atom is -0.481 e. The smallest absolute Gasteiger partial charge is 0.336 e. The second kappa shape index (κ2) is 12.8. The lowest BCUT2D eigenvalue weighted by Crippen LogP contribution is -2.41. The first-order valence-electron chi connectivity index (χ1n) is 9.23. The molecule has 146 valence electrons. The van der Waals surface area contributed by atoms with Gasteiger partial charge in [0.25, 0.3) is 0 Å². The van der Waals surface area contributed by atoms with E-state index in [1.807, 2.05) is 6.07 Å². The molecule has 0 fully saturated rings. The van der Waals surface area contributed by atoms with Crippen molar-refractivity contribution in [1.82, 2.24) is 0 Å². The van der Waals surface area contributed by atoms with Gasteiger partial charge in [0.1, 0.15) is 0 Å². The highest BCUT2D eigenvalue weighted by atomic mass is 32.2. The summed E-state index contributed by atoms with van der Waals surface area (Å²) in [5.41, 5.74) is -0.393. The molecule has 26 heavy (non-hydrogen) atoms. The van der Waals surface area contributed by atoms with Gasteiger partial charge in [0.05, 0.1) is 6.42 Å². The molecule has 0 aliphatic rings. The van der Waals surface area contributed by atoms with E-state index in [2.05, 4.69) is 24.3 Å². The van der Waals surface area contributed by atoms with Gasteiger partial charge in [-0.15, -0.1) is 0 Å². The molecule has 0 saturated carbocycles. The van der Waals surface area contributed by atoms with Crippen molar-refractivity contribution in [2.75, 3.05) is 11.5 Å². The number of unbranched alkanes of at least 4 members (excludes halogenated alkanes) is 5. The van der Waals surface area contributed by atoms with Crippen LogP contribution in [-0.4, -0.2) is 44.4 Å². The van der Waals surface area contributed by atoms with Crippen LogP contribution in [0, 0.1) is 0 Å². The Morgan fingerprint density at radius 3 is 2.15 bits per heavy atom.